The van der Waals surface area contributed by atoms with Crippen LogP contribution >= 0.6 is 11.3 Å². The predicted molar refractivity (Wildman–Crippen MR) is 75.4 cm³/mol. The molecule has 0 saturated heterocycles. The molecule has 0 atom stereocenters. The highest BCUT2D eigenvalue weighted by Crippen LogP contribution is 2.21. The van der Waals surface area contributed by atoms with E-state index < -0.39 is 15.6 Å². The summed E-state index contributed by atoms with van der Waals surface area (Å²) in [4.78, 5) is 15.0. The van der Waals surface area contributed by atoms with Crippen LogP contribution in [-0.4, -0.2) is 13.4 Å². The lowest BCUT2D eigenvalue weighted by atomic mass is 10.2. The quantitative estimate of drug-likeness (QED) is 0.748. The minimum absolute atomic E-state index is 0.0778. The predicted octanol–water partition coefficient (Wildman–Crippen LogP) is 2.05. The fourth-order valence-electron chi connectivity index (χ4n) is 1.66. The van der Waals surface area contributed by atoms with Gasteiger partial charge in [-0.3, -0.25) is 4.72 Å². The monoisotopic (exact) mass is 308 g/mol. The molecule has 0 radical (unpaired) electrons. The van der Waals surface area contributed by atoms with E-state index in [0.29, 0.717) is 16.1 Å². The average Bonchev–Trinajstić information content (AvgIpc) is 2.90. The molecule has 2 heterocycles. The van der Waals surface area contributed by atoms with Crippen molar-refractivity contribution in [3.8, 4) is 0 Å². The Kier molecular flexibility index (Phi) is 3.03. The van der Waals surface area contributed by atoms with E-state index in [-0.39, 0.29) is 4.90 Å². The smallest absolute Gasteiger partial charge is 0.336 e. The van der Waals surface area contributed by atoms with Crippen molar-refractivity contribution in [2.24, 2.45) is 0 Å². The largest absolute Gasteiger partial charge is 0.423 e. The van der Waals surface area contributed by atoms with Crippen molar-refractivity contribution < 1.29 is 12.8 Å². The molecule has 0 aliphatic heterocycles. The zero-order valence-electron chi connectivity index (χ0n) is 9.94. The van der Waals surface area contributed by atoms with Crippen molar-refractivity contribution in [2.75, 3.05) is 4.72 Å². The third-order valence-electron chi connectivity index (χ3n) is 2.56. The van der Waals surface area contributed by atoms with Crippen LogP contribution in [0.3, 0.4) is 0 Å². The van der Waals surface area contributed by atoms with Gasteiger partial charge in [-0.05, 0) is 24.3 Å². The van der Waals surface area contributed by atoms with Crippen molar-refractivity contribution in [1.29, 1.82) is 0 Å². The van der Waals surface area contributed by atoms with E-state index >= 15 is 0 Å². The third kappa shape index (κ3) is 2.43. The van der Waals surface area contributed by atoms with Crippen LogP contribution in [-0.2, 0) is 10.0 Å². The van der Waals surface area contributed by atoms with E-state index in [9.17, 15) is 13.2 Å². The maximum atomic E-state index is 12.2. The molecule has 20 heavy (non-hydrogen) atoms. The molecule has 0 unspecified atom stereocenters. The summed E-state index contributed by atoms with van der Waals surface area (Å²) >= 11 is 1.19. The molecule has 0 aliphatic carbocycles. The minimum atomic E-state index is -3.71. The first kappa shape index (κ1) is 12.8. The molecule has 0 spiro atoms. The van der Waals surface area contributed by atoms with Gasteiger partial charge in [0.15, 0.2) is 5.13 Å². The molecule has 0 saturated carbocycles. The fourth-order valence-corrected chi connectivity index (χ4v) is 3.49. The average molecular weight is 308 g/mol. The van der Waals surface area contributed by atoms with Crippen LogP contribution in [0.15, 0.2) is 56.0 Å². The lowest BCUT2D eigenvalue weighted by molar-refractivity contribution is 0.560. The van der Waals surface area contributed by atoms with Crippen LogP contribution in [0.5, 0.6) is 0 Å². The number of nitrogens with one attached hydrogen (secondary N) is 1. The molecule has 102 valence electrons. The Morgan fingerprint density at radius 3 is 2.80 bits per heavy atom. The first-order valence-electron chi connectivity index (χ1n) is 5.51. The van der Waals surface area contributed by atoms with Crippen molar-refractivity contribution >= 4 is 37.5 Å². The van der Waals surface area contributed by atoms with E-state index in [1.54, 1.807) is 5.38 Å². The molecular formula is C12H8N2O4S2. The molecule has 1 N–H and O–H groups in total. The normalized spacial score (nSPS) is 11.6. The lowest BCUT2D eigenvalue weighted by Gasteiger charge is -2.05. The van der Waals surface area contributed by atoms with Gasteiger partial charge >= 0.3 is 5.63 Å². The van der Waals surface area contributed by atoms with Gasteiger partial charge in [-0.2, -0.15) is 0 Å². The third-order valence-corrected chi connectivity index (χ3v) is 4.71. The first-order valence-corrected chi connectivity index (χ1v) is 7.87. The van der Waals surface area contributed by atoms with Crippen molar-refractivity contribution in [2.45, 2.75) is 4.90 Å². The van der Waals surface area contributed by atoms with E-state index in [1.807, 2.05) is 0 Å². The highest BCUT2D eigenvalue weighted by atomic mass is 32.2. The number of aromatic nitrogens is 1. The minimum Gasteiger partial charge on any atom is -0.423 e. The van der Waals surface area contributed by atoms with Gasteiger partial charge in [0, 0.05) is 23.0 Å². The Labute approximate surface area is 117 Å². The van der Waals surface area contributed by atoms with Gasteiger partial charge in [-0.1, -0.05) is 0 Å². The maximum Gasteiger partial charge on any atom is 0.336 e. The zero-order valence-corrected chi connectivity index (χ0v) is 11.6. The summed E-state index contributed by atoms with van der Waals surface area (Å²) in [5, 5.41) is 2.50. The van der Waals surface area contributed by atoms with E-state index in [4.69, 9.17) is 4.42 Å². The molecule has 0 bridgehead atoms. The second-order valence-corrected chi connectivity index (χ2v) is 6.47. The fraction of sp³-hybridized carbons (Fsp3) is 0. The molecule has 0 aliphatic rings. The van der Waals surface area contributed by atoms with Gasteiger partial charge < -0.3 is 4.42 Å². The standard InChI is InChI=1S/C12H8N2O4S2/c15-11-4-1-8-7-9(2-3-10(8)18-11)20(16,17)14-12-13-5-6-19-12/h1-7H,(H,13,14). The Bertz CT molecular complexity index is 914. The van der Waals surface area contributed by atoms with Gasteiger partial charge in [-0.15, -0.1) is 11.3 Å². The molecule has 0 amide bonds. The SMILES string of the molecule is O=c1ccc2cc(S(=O)(=O)Nc3nccs3)ccc2o1. The molecule has 1 aromatic carbocycles. The highest BCUT2D eigenvalue weighted by molar-refractivity contribution is 7.93. The van der Waals surface area contributed by atoms with Gasteiger partial charge in [0.25, 0.3) is 10.0 Å². The Balaban J connectivity index is 2.05. The van der Waals surface area contributed by atoms with Crippen LogP contribution in [0.2, 0.25) is 0 Å². The Hall–Kier alpha value is -2.19. The number of thiazole rings is 1. The number of rotatable bonds is 3. The maximum absolute atomic E-state index is 12.2. The molecular weight excluding hydrogens is 300 g/mol. The van der Waals surface area contributed by atoms with E-state index in [1.165, 1.54) is 47.9 Å². The number of nitrogens with zero attached hydrogens (tertiary/aromatic N) is 1. The van der Waals surface area contributed by atoms with Crippen LogP contribution < -0.4 is 10.3 Å². The molecule has 6 nitrogen and oxygen atoms in total. The van der Waals surface area contributed by atoms with Gasteiger partial charge in [0.05, 0.1) is 4.90 Å². The van der Waals surface area contributed by atoms with Gasteiger partial charge in [0.2, 0.25) is 0 Å². The van der Waals surface area contributed by atoms with Crippen LogP contribution in [0.25, 0.3) is 11.0 Å². The number of fused-ring (bicyclic) bond motifs is 1. The highest BCUT2D eigenvalue weighted by Gasteiger charge is 2.16. The second kappa shape index (κ2) is 4.73. The van der Waals surface area contributed by atoms with E-state index in [0.717, 1.165) is 0 Å². The second-order valence-electron chi connectivity index (χ2n) is 3.90. The van der Waals surface area contributed by atoms with Gasteiger partial charge in [-0.25, -0.2) is 18.2 Å². The van der Waals surface area contributed by atoms with Crippen molar-refractivity contribution in [1.82, 2.24) is 4.98 Å². The summed E-state index contributed by atoms with van der Waals surface area (Å²) in [6.45, 7) is 0. The summed E-state index contributed by atoms with van der Waals surface area (Å²) in [5.41, 5.74) is -0.139. The van der Waals surface area contributed by atoms with E-state index in [2.05, 4.69) is 9.71 Å². The molecule has 0 fully saturated rings. The molecule has 8 heteroatoms. The number of sulfonamides is 1. The number of hydrogen-bond donors (Lipinski definition) is 1. The molecule has 3 aromatic rings. The summed E-state index contributed by atoms with van der Waals surface area (Å²) in [7, 11) is -3.71. The summed E-state index contributed by atoms with van der Waals surface area (Å²) in [5.74, 6) is 0. The van der Waals surface area contributed by atoms with Crippen molar-refractivity contribution in [3.63, 3.8) is 0 Å². The number of hydrogen-bond acceptors (Lipinski definition) is 6. The van der Waals surface area contributed by atoms with Crippen LogP contribution in [0.4, 0.5) is 5.13 Å². The first-order chi connectivity index (χ1) is 9.54. The topological polar surface area (TPSA) is 89.3 Å². The van der Waals surface area contributed by atoms with Crippen molar-refractivity contribution in [3.05, 3.63) is 52.3 Å². The van der Waals surface area contributed by atoms with Gasteiger partial charge in [0.1, 0.15) is 5.58 Å². The number of anilines is 1. The molecule has 3 rings (SSSR count). The zero-order chi connectivity index (χ0) is 14.2. The molecule has 2 aromatic heterocycles. The number of benzene rings is 1. The van der Waals surface area contributed by atoms with Crippen LogP contribution in [0, 0.1) is 0 Å². The summed E-state index contributed by atoms with van der Waals surface area (Å²) in [6, 6.07) is 7.03. The Morgan fingerprint density at radius 2 is 2.05 bits per heavy atom. The Morgan fingerprint density at radius 1 is 1.20 bits per heavy atom. The lowest BCUT2D eigenvalue weighted by Crippen LogP contribution is -2.12. The van der Waals surface area contributed by atoms with Crippen LogP contribution in [0.1, 0.15) is 0 Å². The summed E-state index contributed by atoms with van der Waals surface area (Å²) < 4.78 is 31.7. The summed E-state index contributed by atoms with van der Waals surface area (Å²) in [6.07, 6.45) is 1.51.